The minimum atomic E-state index is -0.914. The maximum atomic E-state index is 15.1. The molecule has 3 aliphatic heterocycles. The van der Waals surface area contributed by atoms with E-state index in [-0.39, 0.29) is 41.6 Å². The van der Waals surface area contributed by atoms with Crippen LogP contribution >= 0.6 is 27.7 Å². The Balaban J connectivity index is 1.45. The van der Waals surface area contributed by atoms with Gasteiger partial charge in [0.2, 0.25) is 5.91 Å². The van der Waals surface area contributed by atoms with Gasteiger partial charge in [0.25, 0.3) is 5.91 Å². The number of halogens is 1. The number of carbonyl (C=O) groups is 3. The quantitative estimate of drug-likeness (QED) is 0.116. The second-order valence-electron chi connectivity index (χ2n) is 11.9. The molecule has 3 heterocycles. The predicted molar refractivity (Wildman–Crippen MR) is 182 cm³/mol. The monoisotopic (exact) mass is 688 g/mol. The topological polar surface area (TPSA) is 87.1 Å². The Hall–Kier alpha value is -3.40. The second kappa shape index (κ2) is 13.1. The first-order valence-electron chi connectivity index (χ1n) is 15.3. The Morgan fingerprint density at radius 2 is 1.82 bits per heavy atom. The highest BCUT2D eigenvalue weighted by Gasteiger charge is 2.76. The number of alkyl halides is 1. The van der Waals surface area contributed by atoms with Crippen molar-refractivity contribution in [3.05, 3.63) is 104 Å². The number of ether oxygens (including phenoxy) is 1. The number of aliphatic hydroxyl groups excluding tert-OH is 1. The van der Waals surface area contributed by atoms with Crippen LogP contribution in [0.15, 0.2) is 98.1 Å². The highest BCUT2D eigenvalue weighted by Crippen LogP contribution is 2.68. The van der Waals surface area contributed by atoms with Gasteiger partial charge in [0.05, 0.1) is 35.8 Å². The molecular formula is C36H37BrN2O5S. The number of carbonyl (C=O) groups excluding carboxylic acids is 3. The summed E-state index contributed by atoms with van der Waals surface area (Å²) in [5.41, 5.74) is 1.64. The number of benzene rings is 3. The van der Waals surface area contributed by atoms with Crippen molar-refractivity contribution in [2.24, 2.45) is 11.8 Å². The number of nitrogens with zero attached hydrogens (tertiary/aromatic N) is 2. The van der Waals surface area contributed by atoms with Crippen LogP contribution in [0.5, 0.6) is 0 Å². The molecule has 234 valence electrons. The molecule has 3 unspecified atom stereocenters. The molecule has 0 radical (unpaired) electrons. The van der Waals surface area contributed by atoms with Gasteiger partial charge in [-0.3, -0.25) is 14.4 Å². The first kappa shape index (κ1) is 31.6. The molecular weight excluding hydrogens is 652 g/mol. The molecule has 0 saturated carbocycles. The van der Waals surface area contributed by atoms with Gasteiger partial charge in [-0.15, -0.1) is 24.9 Å². The highest BCUT2D eigenvalue weighted by molar-refractivity contribution is 9.09. The van der Waals surface area contributed by atoms with Gasteiger partial charge < -0.3 is 19.6 Å². The lowest BCUT2D eigenvalue weighted by Crippen LogP contribution is -2.58. The first-order valence-corrected chi connectivity index (χ1v) is 17.1. The average Bonchev–Trinajstić information content (AvgIpc) is 3.65. The average molecular weight is 690 g/mol. The first-order chi connectivity index (χ1) is 21.8. The number of hydrogen-bond acceptors (Lipinski definition) is 6. The van der Waals surface area contributed by atoms with Gasteiger partial charge in [-0.25, -0.2) is 0 Å². The smallest absolute Gasteiger partial charge is 0.310 e. The molecule has 2 bridgehead atoms. The van der Waals surface area contributed by atoms with Gasteiger partial charge in [0.1, 0.15) is 6.04 Å². The van der Waals surface area contributed by atoms with Crippen molar-refractivity contribution in [2.45, 2.75) is 46.2 Å². The summed E-state index contributed by atoms with van der Waals surface area (Å²) in [6.45, 7) is 7.74. The summed E-state index contributed by atoms with van der Waals surface area (Å²) in [6, 6.07) is 21.9. The summed E-state index contributed by atoms with van der Waals surface area (Å²) in [5, 5.41) is 12.6. The zero-order chi connectivity index (χ0) is 31.7. The summed E-state index contributed by atoms with van der Waals surface area (Å²) < 4.78 is 4.78. The van der Waals surface area contributed by atoms with Crippen LogP contribution in [0.1, 0.15) is 18.4 Å². The second-order valence-corrected chi connectivity index (χ2v) is 14.7. The van der Waals surface area contributed by atoms with Crippen LogP contribution in [-0.4, -0.2) is 74.5 Å². The zero-order valence-electron chi connectivity index (χ0n) is 25.0. The molecule has 3 aromatic rings. The van der Waals surface area contributed by atoms with Gasteiger partial charge in [0, 0.05) is 22.3 Å². The van der Waals surface area contributed by atoms with Gasteiger partial charge >= 0.3 is 5.97 Å². The number of aliphatic hydroxyl groups is 1. The number of hydrogen-bond donors (Lipinski definition) is 1. The molecule has 45 heavy (non-hydrogen) atoms. The van der Waals surface area contributed by atoms with Crippen molar-refractivity contribution in [1.82, 2.24) is 4.90 Å². The zero-order valence-corrected chi connectivity index (χ0v) is 27.4. The minimum Gasteiger partial charge on any atom is -0.465 e. The molecule has 9 heteroatoms. The molecule has 3 aliphatic rings. The van der Waals surface area contributed by atoms with Crippen molar-refractivity contribution in [2.75, 3.05) is 24.7 Å². The van der Waals surface area contributed by atoms with Crippen LogP contribution in [0.3, 0.4) is 0 Å². The van der Waals surface area contributed by atoms with Crippen LogP contribution in [0.25, 0.3) is 10.8 Å². The number of thioether (sulfide) groups is 1. The molecule has 7 nitrogen and oxygen atoms in total. The van der Waals surface area contributed by atoms with Gasteiger partial charge in [-0.2, -0.15) is 0 Å². The molecule has 0 aliphatic carbocycles. The molecule has 1 N–H and O–H groups in total. The van der Waals surface area contributed by atoms with Gasteiger partial charge in [0.15, 0.2) is 0 Å². The fourth-order valence-electron chi connectivity index (χ4n) is 7.43. The van der Waals surface area contributed by atoms with Crippen LogP contribution in [0.4, 0.5) is 5.69 Å². The van der Waals surface area contributed by atoms with Crippen molar-refractivity contribution >= 4 is 61.9 Å². The molecule has 1 spiro atoms. The number of anilines is 1. The van der Waals surface area contributed by atoms with E-state index < -0.39 is 34.6 Å². The van der Waals surface area contributed by atoms with Gasteiger partial charge in [-0.1, -0.05) is 88.7 Å². The van der Waals surface area contributed by atoms with Gasteiger partial charge in [-0.05, 0) is 47.7 Å². The van der Waals surface area contributed by atoms with E-state index in [4.69, 9.17) is 4.74 Å². The summed E-state index contributed by atoms with van der Waals surface area (Å²) in [5.74, 6) is -2.41. The SMILES string of the molecule is C=CCCOC(=O)[C@H]1[C@H]2C(=O)N([C@@H](CO)Cc3ccccc3)C(C(=O)N(CC=C)c3ccc4ccccc4c3)C23CC(Br)[C@@H]1S3. The number of rotatable bonds is 12. The molecule has 3 aromatic carbocycles. The van der Waals surface area contributed by atoms with E-state index in [1.165, 1.54) is 0 Å². The molecule has 3 fully saturated rings. The van der Waals surface area contributed by atoms with Crippen molar-refractivity contribution in [1.29, 1.82) is 0 Å². The molecule has 3 saturated heterocycles. The van der Waals surface area contributed by atoms with Crippen LogP contribution in [0.2, 0.25) is 0 Å². The molecule has 6 rings (SSSR count). The summed E-state index contributed by atoms with van der Waals surface area (Å²) in [6.07, 6.45) is 4.78. The normalized spacial score (nSPS) is 27.3. The Morgan fingerprint density at radius 3 is 2.53 bits per heavy atom. The maximum absolute atomic E-state index is 15.1. The fourth-order valence-corrected chi connectivity index (χ4v) is 11.0. The largest absolute Gasteiger partial charge is 0.465 e. The van der Waals surface area contributed by atoms with Crippen molar-refractivity contribution in [3.63, 3.8) is 0 Å². The number of amides is 2. The predicted octanol–water partition coefficient (Wildman–Crippen LogP) is 5.55. The lowest BCUT2D eigenvalue weighted by molar-refractivity contribution is -0.154. The van der Waals surface area contributed by atoms with E-state index in [1.807, 2.05) is 72.8 Å². The summed E-state index contributed by atoms with van der Waals surface area (Å²) in [4.78, 5) is 46.6. The van der Waals surface area contributed by atoms with E-state index in [1.54, 1.807) is 33.7 Å². The summed E-state index contributed by atoms with van der Waals surface area (Å²) >= 11 is 5.38. The Labute approximate surface area is 276 Å². The van der Waals surface area contributed by atoms with Crippen LogP contribution in [-0.2, 0) is 25.5 Å². The molecule has 2 amide bonds. The van der Waals surface area contributed by atoms with Crippen LogP contribution in [0, 0.1) is 11.8 Å². The Kier molecular flexibility index (Phi) is 9.22. The number of likely N-dealkylation sites (tertiary alicyclic amines) is 1. The minimum absolute atomic E-state index is 0.0889. The van der Waals surface area contributed by atoms with E-state index >= 15 is 4.79 Å². The van der Waals surface area contributed by atoms with E-state index in [0.29, 0.717) is 24.9 Å². The lowest BCUT2D eigenvalue weighted by Gasteiger charge is -2.40. The van der Waals surface area contributed by atoms with E-state index in [2.05, 4.69) is 29.1 Å². The van der Waals surface area contributed by atoms with Crippen molar-refractivity contribution < 1.29 is 24.2 Å². The van der Waals surface area contributed by atoms with E-state index in [0.717, 1.165) is 16.3 Å². The Morgan fingerprint density at radius 1 is 1.09 bits per heavy atom. The van der Waals surface area contributed by atoms with E-state index in [9.17, 15) is 14.7 Å². The third kappa shape index (κ3) is 5.53. The van der Waals surface area contributed by atoms with Crippen LogP contribution < -0.4 is 4.90 Å². The third-order valence-corrected chi connectivity index (χ3v) is 12.6. The summed E-state index contributed by atoms with van der Waals surface area (Å²) in [7, 11) is 0. The third-order valence-electron chi connectivity index (χ3n) is 9.34. The highest BCUT2D eigenvalue weighted by atomic mass is 79.9. The number of fused-ring (bicyclic) bond motifs is 2. The van der Waals surface area contributed by atoms with Crippen molar-refractivity contribution in [3.8, 4) is 0 Å². The fraction of sp³-hybridized carbons (Fsp3) is 0.361. The molecule has 7 atom stereocenters. The standard InChI is InChI=1S/C36H37BrN2O5S/c1-3-5-18-44-35(43)29-30-33(41)39(27(22-40)19-23-11-7-6-8-12-23)32(36(30)21-28(37)31(29)45-36)34(42)38(17-4-2)26-16-15-24-13-9-10-14-25(24)20-26/h3-4,6-16,20,27-32,40H,1-2,5,17-19,21-22H2/t27-,28?,29+,30+,31+,32?,36?/m1/s1. The number of esters is 1. The Bertz CT molecular complexity index is 1620. The lowest BCUT2D eigenvalue weighted by atomic mass is 9.71. The molecule has 0 aromatic heterocycles. The maximum Gasteiger partial charge on any atom is 0.310 e.